The van der Waals surface area contributed by atoms with Gasteiger partial charge in [0.1, 0.15) is 5.75 Å². The normalized spacial score (nSPS) is 13.9. The van der Waals surface area contributed by atoms with Crippen molar-refractivity contribution in [3.8, 4) is 5.75 Å². The minimum absolute atomic E-state index is 0.0476. The fourth-order valence-corrected chi connectivity index (χ4v) is 3.92. The van der Waals surface area contributed by atoms with Crippen LogP contribution in [0.15, 0.2) is 36.4 Å². The monoisotopic (exact) mass is 435 g/mol. The van der Waals surface area contributed by atoms with Gasteiger partial charge in [0.05, 0.1) is 11.4 Å². The molecule has 2 aromatic rings. The maximum atomic E-state index is 12.7. The summed E-state index contributed by atoms with van der Waals surface area (Å²) in [6.45, 7) is 3.73. The number of piperazine rings is 1. The third kappa shape index (κ3) is 5.95. The molecule has 1 aliphatic rings. The van der Waals surface area contributed by atoms with Crippen LogP contribution in [0.4, 0.5) is 0 Å². The zero-order valence-electron chi connectivity index (χ0n) is 16.0. The van der Waals surface area contributed by atoms with Crippen molar-refractivity contribution < 1.29 is 19.1 Å². The molecule has 1 N–H and O–H groups in total. The van der Waals surface area contributed by atoms with Gasteiger partial charge in [-0.1, -0.05) is 11.6 Å². The van der Waals surface area contributed by atoms with Crippen molar-refractivity contribution in [2.24, 2.45) is 0 Å². The Hall–Kier alpha value is -2.58. The van der Waals surface area contributed by atoms with Gasteiger partial charge in [-0.05, 0) is 36.4 Å². The first-order valence-electron chi connectivity index (χ1n) is 9.21. The largest absolute Gasteiger partial charge is 0.484 e. The van der Waals surface area contributed by atoms with Gasteiger partial charge in [-0.3, -0.25) is 14.4 Å². The van der Waals surface area contributed by atoms with Gasteiger partial charge in [0, 0.05) is 43.0 Å². The van der Waals surface area contributed by atoms with Gasteiger partial charge in [0.25, 0.3) is 11.8 Å². The summed E-state index contributed by atoms with van der Waals surface area (Å²) in [6, 6.07) is 10.5. The lowest BCUT2D eigenvalue weighted by Gasteiger charge is -2.34. The van der Waals surface area contributed by atoms with Crippen molar-refractivity contribution in [2.75, 3.05) is 32.8 Å². The van der Waals surface area contributed by atoms with Crippen LogP contribution in [0.3, 0.4) is 0 Å². The molecular weight excluding hydrogens is 414 g/mol. The predicted molar refractivity (Wildman–Crippen MR) is 111 cm³/mol. The average Bonchev–Trinajstić information content (AvgIpc) is 3.20. The van der Waals surface area contributed by atoms with Gasteiger partial charge in [-0.15, -0.1) is 11.3 Å². The van der Waals surface area contributed by atoms with E-state index in [-0.39, 0.29) is 24.3 Å². The Morgan fingerprint density at radius 3 is 2.34 bits per heavy atom. The Bertz CT molecular complexity index is 876. The predicted octanol–water partition coefficient (Wildman–Crippen LogP) is 2.40. The van der Waals surface area contributed by atoms with E-state index in [4.69, 9.17) is 16.3 Å². The lowest BCUT2D eigenvalue weighted by atomic mass is 10.3. The van der Waals surface area contributed by atoms with E-state index in [0.29, 0.717) is 48.4 Å². The van der Waals surface area contributed by atoms with Crippen molar-refractivity contribution in [1.82, 2.24) is 15.1 Å². The number of rotatable bonds is 6. The first-order chi connectivity index (χ1) is 13.9. The quantitative estimate of drug-likeness (QED) is 0.755. The highest BCUT2D eigenvalue weighted by atomic mass is 35.5. The molecule has 0 bridgehead atoms. The lowest BCUT2D eigenvalue weighted by molar-refractivity contribution is -0.134. The van der Waals surface area contributed by atoms with Crippen LogP contribution in [0, 0.1) is 0 Å². The van der Waals surface area contributed by atoms with Crippen LogP contribution in [0.5, 0.6) is 5.75 Å². The summed E-state index contributed by atoms with van der Waals surface area (Å²) in [5.74, 6) is 0.325. The number of thiophene rings is 1. The summed E-state index contributed by atoms with van der Waals surface area (Å²) in [7, 11) is 0. The number of hydrogen-bond donors (Lipinski definition) is 1. The smallest absolute Gasteiger partial charge is 0.264 e. The number of hydrogen-bond acceptors (Lipinski definition) is 5. The topological polar surface area (TPSA) is 79.0 Å². The van der Waals surface area contributed by atoms with E-state index in [1.165, 1.54) is 18.3 Å². The fourth-order valence-electron chi connectivity index (χ4n) is 2.88. The third-order valence-electron chi connectivity index (χ3n) is 4.48. The van der Waals surface area contributed by atoms with E-state index < -0.39 is 0 Å². The molecule has 7 nitrogen and oxygen atoms in total. The van der Waals surface area contributed by atoms with Crippen molar-refractivity contribution in [2.45, 2.75) is 13.5 Å². The molecule has 29 heavy (non-hydrogen) atoms. The summed E-state index contributed by atoms with van der Waals surface area (Å²) in [4.78, 5) is 41.0. The molecule has 9 heteroatoms. The molecule has 1 fully saturated rings. The molecule has 0 saturated carbocycles. The summed E-state index contributed by atoms with van der Waals surface area (Å²) in [6.07, 6.45) is 0. The Morgan fingerprint density at radius 2 is 1.69 bits per heavy atom. The van der Waals surface area contributed by atoms with Gasteiger partial charge in [-0.2, -0.15) is 0 Å². The van der Waals surface area contributed by atoms with Crippen LogP contribution in [-0.2, 0) is 16.1 Å². The van der Waals surface area contributed by atoms with Crippen molar-refractivity contribution >= 4 is 40.7 Å². The molecular formula is C20H22ClN3O4S. The van der Waals surface area contributed by atoms with Gasteiger partial charge < -0.3 is 19.9 Å². The van der Waals surface area contributed by atoms with E-state index in [2.05, 4.69) is 5.32 Å². The summed E-state index contributed by atoms with van der Waals surface area (Å²) < 4.78 is 5.50. The zero-order valence-corrected chi connectivity index (χ0v) is 17.6. The zero-order chi connectivity index (χ0) is 20.8. The van der Waals surface area contributed by atoms with Crippen LogP contribution in [0.25, 0.3) is 0 Å². The average molecular weight is 436 g/mol. The Balaban J connectivity index is 1.45. The van der Waals surface area contributed by atoms with Crippen molar-refractivity contribution in [3.05, 3.63) is 51.2 Å². The maximum Gasteiger partial charge on any atom is 0.264 e. The number of halogens is 1. The molecule has 0 spiro atoms. The molecule has 1 saturated heterocycles. The minimum Gasteiger partial charge on any atom is -0.484 e. The highest BCUT2D eigenvalue weighted by Crippen LogP contribution is 2.20. The molecule has 3 rings (SSSR count). The molecule has 0 atom stereocenters. The number of carbonyl (C=O) groups is 3. The lowest BCUT2D eigenvalue weighted by Crippen LogP contribution is -2.51. The minimum atomic E-state index is -0.110. The van der Waals surface area contributed by atoms with Crippen LogP contribution in [-0.4, -0.2) is 60.3 Å². The first kappa shape index (κ1) is 21.1. The van der Waals surface area contributed by atoms with Gasteiger partial charge in [-0.25, -0.2) is 0 Å². The van der Waals surface area contributed by atoms with Crippen LogP contribution in [0.2, 0.25) is 5.02 Å². The molecule has 1 aliphatic heterocycles. The van der Waals surface area contributed by atoms with Crippen LogP contribution in [0.1, 0.15) is 21.5 Å². The second-order valence-corrected chi connectivity index (χ2v) is 8.20. The number of nitrogens with one attached hydrogen (secondary N) is 1. The van der Waals surface area contributed by atoms with Crippen molar-refractivity contribution in [1.29, 1.82) is 0 Å². The molecule has 1 aromatic heterocycles. The van der Waals surface area contributed by atoms with E-state index in [9.17, 15) is 14.4 Å². The summed E-state index contributed by atoms with van der Waals surface area (Å²) in [5, 5.41) is 3.33. The van der Waals surface area contributed by atoms with E-state index >= 15 is 0 Å². The molecule has 0 unspecified atom stereocenters. The molecule has 3 amide bonds. The van der Waals surface area contributed by atoms with Gasteiger partial charge >= 0.3 is 0 Å². The van der Waals surface area contributed by atoms with Crippen molar-refractivity contribution in [3.63, 3.8) is 0 Å². The Labute approximate surface area is 178 Å². The van der Waals surface area contributed by atoms with Crippen LogP contribution < -0.4 is 10.1 Å². The SMILES string of the molecule is CC(=O)NCc1ccc(C(=O)N2CCN(C(=O)COc3ccc(Cl)cc3)CC2)s1. The van der Waals surface area contributed by atoms with E-state index in [1.807, 2.05) is 6.07 Å². The standard InChI is InChI=1S/C20H22ClN3O4S/c1-14(25)22-12-17-6-7-18(29-17)20(27)24-10-8-23(9-11-24)19(26)13-28-16-4-2-15(21)3-5-16/h2-7H,8-13H2,1H3,(H,22,25). The maximum absolute atomic E-state index is 12.7. The molecule has 1 aromatic carbocycles. The highest BCUT2D eigenvalue weighted by Gasteiger charge is 2.25. The second kappa shape index (κ2) is 9.76. The van der Waals surface area contributed by atoms with E-state index in [1.54, 1.807) is 40.1 Å². The summed E-state index contributed by atoms with van der Waals surface area (Å²) in [5.41, 5.74) is 0. The molecule has 154 valence electrons. The fraction of sp³-hybridized carbons (Fsp3) is 0.350. The third-order valence-corrected chi connectivity index (χ3v) is 5.80. The van der Waals surface area contributed by atoms with Gasteiger partial charge in [0.15, 0.2) is 6.61 Å². The number of nitrogens with zero attached hydrogens (tertiary/aromatic N) is 2. The number of ether oxygens (including phenoxy) is 1. The molecule has 2 heterocycles. The number of amides is 3. The number of benzene rings is 1. The van der Waals surface area contributed by atoms with Crippen LogP contribution >= 0.6 is 22.9 Å². The highest BCUT2D eigenvalue weighted by molar-refractivity contribution is 7.14. The number of carbonyl (C=O) groups excluding carboxylic acids is 3. The summed E-state index contributed by atoms with van der Waals surface area (Å²) >= 11 is 7.20. The first-order valence-corrected chi connectivity index (χ1v) is 10.4. The second-order valence-electron chi connectivity index (χ2n) is 6.59. The Morgan fingerprint density at radius 1 is 1.03 bits per heavy atom. The van der Waals surface area contributed by atoms with Gasteiger partial charge in [0.2, 0.25) is 5.91 Å². The molecule has 0 aliphatic carbocycles. The Kier molecular flexibility index (Phi) is 7.11. The van der Waals surface area contributed by atoms with E-state index in [0.717, 1.165) is 4.88 Å². The molecule has 0 radical (unpaired) electrons.